The summed E-state index contributed by atoms with van der Waals surface area (Å²) in [5.41, 5.74) is 5.88. The number of rotatable bonds is 7. The van der Waals surface area contributed by atoms with Crippen molar-refractivity contribution in [2.75, 3.05) is 25.1 Å². The molecule has 0 spiro atoms. The average molecular weight is 427 g/mol. The van der Waals surface area contributed by atoms with E-state index in [0.717, 1.165) is 47.2 Å². The molecule has 32 heavy (non-hydrogen) atoms. The van der Waals surface area contributed by atoms with Crippen LogP contribution in [-0.4, -0.2) is 37.0 Å². The van der Waals surface area contributed by atoms with Gasteiger partial charge in [-0.25, -0.2) is 4.98 Å². The Hall–Kier alpha value is -3.43. The maximum atomic E-state index is 9.66. The Morgan fingerprint density at radius 1 is 1.28 bits per heavy atom. The van der Waals surface area contributed by atoms with E-state index in [4.69, 9.17) is 14.1 Å². The zero-order chi connectivity index (χ0) is 22.1. The fourth-order valence-corrected chi connectivity index (χ4v) is 4.28. The summed E-state index contributed by atoms with van der Waals surface area (Å²) in [6.45, 7) is 3.87. The Labute approximate surface area is 187 Å². The van der Waals surface area contributed by atoms with Crippen LogP contribution in [0, 0.1) is 17.2 Å². The number of aliphatic imine (C=N–C) groups is 1. The van der Waals surface area contributed by atoms with Crippen molar-refractivity contribution in [3.63, 3.8) is 0 Å². The summed E-state index contributed by atoms with van der Waals surface area (Å²) >= 11 is 0. The molecule has 1 aliphatic heterocycles. The molecule has 162 valence electrons. The number of likely N-dealkylation sites (N-methyl/N-ethyl adjacent to an activating group) is 1. The number of hydrogen-bond donors (Lipinski definition) is 0. The first-order chi connectivity index (χ1) is 15.6. The summed E-state index contributed by atoms with van der Waals surface area (Å²) in [5.74, 6) is 1.13. The summed E-state index contributed by atoms with van der Waals surface area (Å²) < 4.78 is 11.7. The van der Waals surface area contributed by atoms with Crippen LogP contribution in [-0.2, 0) is 11.2 Å². The number of aromatic nitrogens is 1. The van der Waals surface area contributed by atoms with Crippen LogP contribution in [0.5, 0.6) is 0 Å². The first-order valence-electron chi connectivity index (χ1n) is 11.1. The lowest BCUT2D eigenvalue weighted by molar-refractivity contribution is -0.0216. The Morgan fingerprint density at radius 2 is 2.12 bits per heavy atom. The van der Waals surface area contributed by atoms with Gasteiger partial charge in [-0.15, -0.1) is 0 Å². The molecule has 3 aromatic rings. The van der Waals surface area contributed by atoms with Crippen molar-refractivity contribution in [1.82, 2.24) is 4.98 Å². The van der Waals surface area contributed by atoms with Crippen molar-refractivity contribution in [1.29, 1.82) is 5.26 Å². The van der Waals surface area contributed by atoms with Crippen molar-refractivity contribution < 1.29 is 9.15 Å². The molecule has 0 N–H and O–H groups in total. The van der Waals surface area contributed by atoms with Crippen molar-refractivity contribution >= 4 is 33.8 Å². The first kappa shape index (κ1) is 20.5. The summed E-state index contributed by atoms with van der Waals surface area (Å²) in [6, 6.07) is 16.0. The molecule has 1 aliphatic carbocycles. The van der Waals surface area contributed by atoms with Gasteiger partial charge < -0.3 is 14.1 Å². The van der Waals surface area contributed by atoms with E-state index < -0.39 is 0 Å². The highest BCUT2D eigenvalue weighted by Crippen LogP contribution is 2.32. The molecule has 1 saturated carbocycles. The predicted molar refractivity (Wildman–Crippen MR) is 126 cm³/mol. The second-order valence-electron chi connectivity index (χ2n) is 8.74. The van der Waals surface area contributed by atoms with Gasteiger partial charge in [0.1, 0.15) is 17.2 Å². The van der Waals surface area contributed by atoms with Gasteiger partial charge in [0, 0.05) is 31.4 Å². The number of para-hydroxylation sites is 2. The lowest BCUT2D eigenvalue weighted by Crippen LogP contribution is -2.32. The van der Waals surface area contributed by atoms with E-state index in [2.05, 4.69) is 42.1 Å². The largest absolute Gasteiger partial charge is 0.435 e. The topological polar surface area (TPSA) is 74.7 Å². The smallest absolute Gasteiger partial charge is 0.238 e. The van der Waals surface area contributed by atoms with Crippen LogP contribution < -0.4 is 4.90 Å². The summed E-state index contributed by atoms with van der Waals surface area (Å²) in [4.78, 5) is 11.4. The molecule has 0 unspecified atom stereocenters. The van der Waals surface area contributed by atoms with E-state index in [0.29, 0.717) is 29.6 Å². The highest BCUT2D eigenvalue weighted by molar-refractivity contribution is 6.07. The average Bonchev–Trinajstić information content (AvgIpc) is 3.38. The zero-order valence-corrected chi connectivity index (χ0v) is 18.4. The van der Waals surface area contributed by atoms with Crippen molar-refractivity contribution in [3.05, 3.63) is 60.0 Å². The monoisotopic (exact) mass is 426 g/mol. The number of benzene rings is 2. The fourth-order valence-electron chi connectivity index (χ4n) is 4.28. The normalized spacial score (nSPS) is 19.9. The number of hydrogen-bond acceptors (Lipinski definition) is 6. The standard InChI is InChI=1S/C26H26N4O2/c1-17-11-22(12-17)31-10-9-30(2)21-7-8-23-18(15-21)13-20(28-23)14-19(16-27)26-29-24-5-3-4-6-25(24)32-26/h3-8,14-15,17,22H,9-13H2,1-2H3/b19-14+. The lowest BCUT2D eigenvalue weighted by atomic mass is 9.84. The molecule has 6 heteroatoms. The van der Waals surface area contributed by atoms with Crippen molar-refractivity contribution in [2.45, 2.75) is 32.3 Å². The maximum absolute atomic E-state index is 9.66. The predicted octanol–water partition coefficient (Wildman–Crippen LogP) is 5.31. The van der Waals surface area contributed by atoms with Crippen LogP contribution in [0.1, 0.15) is 31.2 Å². The van der Waals surface area contributed by atoms with Crippen LogP contribution in [0.2, 0.25) is 0 Å². The number of oxazole rings is 1. The highest BCUT2D eigenvalue weighted by Gasteiger charge is 2.25. The second-order valence-corrected chi connectivity index (χ2v) is 8.74. The van der Waals surface area contributed by atoms with Gasteiger partial charge in [-0.2, -0.15) is 5.26 Å². The molecular weight excluding hydrogens is 400 g/mol. The third-order valence-corrected chi connectivity index (χ3v) is 6.21. The quantitative estimate of drug-likeness (QED) is 0.478. The number of fused-ring (bicyclic) bond motifs is 2. The number of allylic oxidation sites excluding steroid dienone is 2. The first-order valence-corrected chi connectivity index (χ1v) is 11.1. The summed E-state index contributed by atoms with van der Waals surface area (Å²) in [5, 5.41) is 9.66. The molecule has 1 aromatic heterocycles. The van der Waals surface area contributed by atoms with Gasteiger partial charge in [0.2, 0.25) is 5.89 Å². The SMILES string of the molecule is CC1CC(OCCN(C)c2ccc3c(c2)CC(/C=C(\C#N)c2nc4ccccc4o2)=N3)C1. The molecule has 0 radical (unpaired) electrons. The van der Waals surface area contributed by atoms with Gasteiger partial charge in [0.25, 0.3) is 0 Å². The Morgan fingerprint density at radius 3 is 2.91 bits per heavy atom. The molecule has 2 aromatic carbocycles. The van der Waals surface area contributed by atoms with Crippen LogP contribution in [0.15, 0.2) is 58.0 Å². The Bertz CT molecular complexity index is 1210. The fraction of sp³-hybridized carbons (Fsp3) is 0.346. The van der Waals surface area contributed by atoms with Crippen molar-refractivity contribution in [3.8, 4) is 6.07 Å². The van der Waals surface area contributed by atoms with Gasteiger partial charge in [-0.05, 0) is 60.7 Å². The molecule has 0 atom stereocenters. The Kier molecular flexibility index (Phi) is 5.50. The number of nitrogens with zero attached hydrogens (tertiary/aromatic N) is 4. The van der Waals surface area contributed by atoms with Gasteiger partial charge in [0.15, 0.2) is 5.58 Å². The molecule has 0 amide bonds. The van der Waals surface area contributed by atoms with Gasteiger partial charge in [-0.1, -0.05) is 19.1 Å². The minimum Gasteiger partial charge on any atom is -0.435 e. The Balaban J connectivity index is 1.25. The minimum absolute atomic E-state index is 0.327. The number of ether oxygens (including phenoxy) is 1. The van der Waals surface area contributed by atoms with Crippen molar-refractivity contribution in [2.24, 2.45) is 10.9 Å². The molecule has 5 rings (SSSR count). The van der Waals surface area contributed by atoms with E-state index in [1.165, 1.54) is 12.8 Å². The van der Waals surface area contributed by atoms with E-state index in [1.54, 1.807) is 6.08 Å². The van der Waals surface area contributed by atoms with Gasteiger partial charge >= 0.3 is 0 Å². The van der Waals surface area contributed by atoms with Crippen LogP contribution in [0.25, 0.3) is 16.7 Å². The van der Waals surface area contributed by atoms with E-state index in [-0.39, 0.29) is 0 Å². The second kappa shape index (κ2) is 8.60. The van der Waals surface area contributed by atoms with Gasteiger partial charge in [0.05, 0.1) is 18.4 Å². The molecule has 6 nitrogen and oxygen atoms in total. The molecule has 1 fully saturated rings. The third kappa shape index (κ3) is 4.17. The summed E-state index contributed by atoms with van der Waals surface area (Å²) in [7, 11) is 2.09. The minimum atomic E-state index is 0.327. The molecular formula is C26H26N4O2. The third-order valence-electron chi connectivity index (χ3n) is 6.21. The zero-order valence-electron chi connectivity index (χ0n) is 18.4. The van der Waals surface area contributed by atoms with E-state index in [9.17, 15) is 5.26 Å². The van der Waals surface area contributed by atoms with Gasteiger partial charge in [-0.3, -0.25) is 4.99 Å². The van der Waals surface area contributed by atoms with Crippen LogP contribution in [0.4, 0.5) is 11.4 Å². The maximum Gasteiger partial charge on any atom is 0.238 e. The molecule has 2 heterocycles. The lowest BCUT2D eigenvalue weighted by Gasteiger charge is -2.33. The highest BCUT2D eigenvalue weighted by atomic mass is 16.5. The molecule has 2 aliphatic rings. The van der Waals surface area contributed by atoms with E-state index in [1.807, 2.05) is 30.3 Å². The van der Waals surface area contributed by atoms with E-state index >= 15 is 0 Å². The summed E-state index contributed by atoms with van der Waals surface area (Å²) in [6.07, 6.45) is 5.27. The van der Waals surface area contributed by atoms with Crippen LogP contribution >= 0.6 is 0 Å². The van der Waals surface area contributed by atoms with Crippen LogP contribution in [0.3, 0.4) is 0 Å². The molecule has 0 bridgehead atoms. The number of anilines is 1. The molecule has 0 saturated heterocycles. The number of nitriles is 1.